The number of fused-ring (bicyclic) bond motifs is 1. The van der Waals surface area contributed by atoms with Crippen LogP contribution in [0.5, 0.6) is 11.5 Å². The molecule has 2 heterocycles. The number of nitrogens with zero attached hydrogens (tertiary/aromatic N) is 1. The van der Waals surface area contributed by atoms with Gasteiger partial charge in [0.15, 0.2) is 22.9 Å². The van der Waals surface area contributed by atoms with Gasteiger partial charge in [-0.05, 0) is 47.5 Å². The number of halogens is 1. The molecule has 0 spiro atoms. The van der Waals surface area contributed by atoms with Crippen molar-refractivity contribution in [2.24, 2.45) is 0 Å². The second-order valence-electron chi connectivity index (χ2n) is 8.82. The van der Waals surface area contributed by atoms with Gasteiger partial charge >= 0.3 is 5.97 Å². The zero-order valence-corrected chi connectivity index (χ0v) is 21.6. The molecular weight excluding hydrogens is 526 g/mol. The number of aliphatic hydroxyl groups excluding tert-OH is 1. The number of benzene rings is 3. The van der Waals surface area contributed by atoms with Gasteiger partial charge in [-0.25, -0.2) is 0 Å². The number of Topliss-reactive ketones (excluding diaryl/α,β-unsaturated/α-hetero) is 1. The van der Waals surface area contributed by atoms with Gasteiger partial charge in [0.2, 0.25) is 5.78 Å². The predicted octanol–water partition coefficient (Wildman–Crippen LogP) is 5.30. The lowest BCUT2D eigenvalue weighted by Crippen LogP contribution is -2.31. The average molecular weight is 548 g/mol. The normalized spacial score (nSPS) is 15.2. The first-order valence-electron chi connectivity index (χ1n) is 11.7. The van der Waals surface area contributed by atoms with Crippen molar-refractivity contribution in [2.75, 3.05) is 19.1 Å². The van der Waals surface area contributed by atoms with Crippen molar-refractivity contribution in [3.63, 3.8) is 0 Å². The number of amides is 1. The lowest BCUT2D eigenvalue weighted by Gasteiger charge is -2.27. The van der Waals surface area contributed by atoms with E-state index in [9.17, 15) is 24.6 Å². The highest BCUT2D eigenvalue weighted by Gasteiger charge is 2.45. The topological polar surface area (TPSA) is 127 Å². The van der Waals surface area contributed by atoms with Gasteiger partial charge in [0.1, 0.15) is 5.75 Å². The molecule has 5 rings (SSSR count). The van der Waals surface area contributed by atoms with Gasteiger partial charge in [-0.2, -0.15) is 0 Å². The number of phenols is 1. The van der Waals surface area contributed by atoms with Crippen molar-refractivity contribution in [1.29, 1.82) is 0 Å². The molecule has 0 saturated heterocycles. The Kier molecular flexibility index (Phi) is 6.76. The molecule has 3 aromatic carbocycles. The summed E-state index contributed by atoms with van der Waals surface area (Å²) in [6.45, 7) is 0. The molecule has 4 aromatic rings. The number of methoxy groups -OCH3 is 2. The van der Waals surface area contributed by atoms with Crippen molar-refractivity contribution in [3.8, 4) is 11.5 Å². The van der Waals surface area contributed by atoms with Crippen molar-refractivity contribution in [3.05, 3.63) is 100.0 Å². The zero-order valence-electron chi connectivity index (χ0n) is 20.8. The van der Waals surface area contributed by atoms with E-state index in [-0.39, 0.29) is 29.1 Å². The van der Waals surface area contributed by atoms with Crippen molar-refractivity contribution in [1.82, 2.24) is 0 Å². The standard InChI is InChI=1S/C29H22ClNO8/c1-37-22-14-18(30)11-17-13-21(39-28(17)22)26(34)24-25(16-4-3-5-20(32)12-16)31(29(36)27(24)35)19-8-6-15(7-9-19)10-23(33)38-2/h3-9,11-14,25,32,35H,10H2,1-2H3. The quantitative estimate of drug-likeness (QED) is 0.236. The number of furan rings is 1. The molecule has 0 fully saturated rings. The van der Waals surface area contributed by atoms with Crippen LogP contribution in [-0.4, -0.2) is 42.1 Å². The van der Waals surface area contributed by atoms with Gasteiger partial charge in [0.25, 0.3) is 5.91 Å². The smallest absolute Gasteiger partial charge is 0.309 e. The van der Waals surface area contributed by atoms with E-state index in [0.717, 1.165) is 0 Å². The predicted molar refractivity (Wildman–Crippen MR) is 142 cm³/mol. The minimum absolute atomic E-state index is 0.0352. The van der Waals surface area contributed by atoms with Gasteiger partial charge in [-0.3, -0.25) is 19.3 Å². The van der Waals surface area contributed by atoms with Crippen LogP contribution in [0.4, 0.5) is 5.69 Å². The first-order chi connectivity index (χ1) is 18.7. The maximum atomic E-state index is 13.8. The summed E-state index contributed by atoms with van der Waals surface area (Å²) in [7, 11) is 2.73. The van der Waals surface area contributed by atoms with Gasteiger partial charge in [0, 0.05) is 22.2 Å². The second-order valence-corrected chi connectivity index (χ2v) is 9.26. The molecule has 1 aliphatic rings. The molecule has 0 radical (unpaired) electrons. The fraction of sp³-hybridized carbons (Fsp3) is 0.138. The van der Waals surface area contributed by atoms with Crippen LogP contribution in [0.2, 0.25) is 5.02 Å². The maximum Gasteiger partial charge on any atom is 0.309 e. The summed E-state index contributed by atoms with van der Waals surface area (Å²) < 4.78 is 15.8. The van der Waals surface area contributed by atoms with Crippen LogP contribution < -0.4 is 9.64 Å². The van der Waals surface area contributed by atoms with Crippen LogP contribution in [0.15, 0.2) is 82.5 Å². The number of ether oxygens (including phenoxy) is 2. The minimum atomic E-state index is -1.10. The van der Waals surface area contributed by atoms with E-state index in [1.165, 1.54) is 37.3 Å². The summed E-state index contributed by atoms with van der Waals surface area (Å²) in [6.07, 6.45) is 0.0352. The number of ketones is 1. The fourth-order valence-corrected chi connectivity index (χ4v) is 4.83. The summed E-state index contributed by atoms with van der Waals surface area (Å²) >= 11 is 6.16. The highest BCUT2D eigenvalue weighted by molar-refractivity contribution is 6.31. The molecule has 39 heavy (non-hydrogen) atoms. The Morgan fingerprint density at radius 2 is 1.77 bits per heavy atom. The number of anilines is 1. The Labute approximate surface area is 227 Å². The van der Waals surface area contributed by atoms with E-state index >= 15 is 0 Å². The van der Waals surface area contributed by atoms with Crippen molar-refractivity contribution >= 4 is 45.9 Å². The SMILES string of the molecule is COC(=O)Cc1ccc(N2C(=O)C(O)=C(C(=O)c3cc4cc(Cl)cc(OC)c4o3)C2c2cccc(O)c2)cc1. The third-order valence-corrected chi connectivity index (χ3v) is 6.64. The summed E-state index contributed by atoms with van der Waals surface area (Å²) in [4.78, 5) is 40.1. The lowest BCUT2D eigenvalue weighted by molar-refractivity contribution is -0.139. The lowest BCUT2D eigenvalue weighted by atomic mass is 9.94. The number of phenolic OH excluding ortho intramolecular Hbond substituents is 1. The second kappa shape index (κ2) is 10.2. The number of aromatic hydroxyl groups is 1. The third-order valence-electron chi connectivity index (χ3n) is 6.42. The summed E-state index contributed by atoms with van der Waals surface area (Å²) in [6, 6.07) is 16.0. The number of hydrogen-bond acceptors (Lipinski definition) is 8. The number of hydrogen-bond donors (Lipinski definition) is 2. The Morgan fingerprint density at radius 1 is 1.03 bits per heavy atom. The van der Waals surface area contributed by atoms with Gasteiger partial charge in [-0.1, -0.05) is 35.9 Å². The van der Waals surface area contributed by atoms with E-state index in [4.69, 9.17) is 25.5 Å². The molecule has 1 atom stereocenters. The molecule has 10 heteroatoms. The minimum Gasteiger partial charge on any atom is -0.508 e. The molecule has 0 aliphatic carbocycles. The molecule has 1 aromatic heterocycles. The van der Waals surface area contributed by atoms with Gasteiger partial charge in [-0.15, -0.1) is 0 Å². The van der Waals surface area contributed by atoms with E-state index in [1.807, 2.05) is 0 Å². The molecule has 9 nitrogen and oxygen atoms in total. The highest BCUT2D eigenvalue weighted by atomic mass is 35.5. The number of aliphatic hydroxyl groups is 1. The largest absolute Gasteiger partial charge is 0.508 e. The van der Waals surface area contributed by atoms with Crippen LogP contribution in [0.3, 0.4) is 0 Å². The van der Waals surface area contributed by atoms with Gasteiger partial charge < -0.3 is 24.1 Å². The van der Waals surface area contributed by atoms with Crippen molar-refractivity contribution in [2.45, 2.75) is 12.5 Å². The molecular formula is C29H22ClNO8. The van der Waals surface area contributed by atoms with E-state index < -0.39 is 29.5 Å². The van der Waals surface area contributed by atoms with Crippen LogP contribution in [0.25, 0.3) is 11.0 Å². The summed E-state index contributed by atoms with van der Waals surface area (Å²) in [5.74, 6) is -2.63. The molecule has 1 amide bonds. The molecule has 0 saturated carbocycles. The maximum absolute atomic E-state index is 13.8. The molecule has 2 N–H and O–H groups in total. The molecule has 1 unspecified atom stereocenters. The first kappa shape index (κ1) is 25.9. The Morgan fingerprint density at radius 3 is 2.44 bits per heavy atom. The van der Waals surface area contributed by atoms with Crippen LogP contribution in [0, 0.1) is 0 Å². The van der Waals surface area contributed by atoms with E-state index in [2.05, 4.69) is 0 Å². The zero-order chi connectivity index (χ0) is 27.8. The van der Waals surface area contributed by atoms with Crippen LogP contribution >= 0.6 is 11.6 Å². The number of rotatable bonds is 7. The first-order valence-corrected chi connectivity index (χ1v) is 12.1. The Balaban J connectivity index is 1.60. The van der Waals surface area contributed by atoms with Crippen LogP contribution in [-0.2, 0) is 20.7 Å². The van der Waals surface area contributed by atoms with E-state index in [0.29, 0.717) is 33.0 Å². The summed E-state index contributed by atoms with van der Waals surface area (Å²) in [5.41, 5.74) is 1.44. The molecule has 1 aliphatic heterocycles. The van der Waals surface area contributed by atoms with Gasteiger partial charge in [0.05, 0.1) is 32.3 Å². The van der Waals surface area contributed by atoms with Crippen LogP contribution in [0.1, 0.15) is 27.7 Å². The molecule has 198 valence electrons. The summed E-state index contributed by atoms with van der Waals surface area (Å²) in [5, 5.41) is 22.0. The average Bonchev–Trinajstić information content (AvgIpc) is 3.47. The van der Waals surface area contributed by atoms with Crippen molar-refractivity contribution < 1.29 is 38.5 Å². The number of carbonyl (C=O) groups is 3. The van der Waals surface area contributed by atoms with E-state index in [1.54, 1.807) is 48.5 Å². The highest BCUT2D eigenvalue weighted by Crippen LogP contribution is 2.43. The molecule has 0 bridgehead atoms. The number of carbonyl (C=O) groups excluding carboxylic acids is 3. The monoisotopic (exact) mass is 547 g/mol. The number of esters is 1. The third kappa shape index (κ3) is 4.68. The Bertz CT molecular complexity index is 1650. The Hall–Kier alpha value is -4.76. The fourth-order valence-electron chi connectivity index (χ4n) is 4.61.